The SMILES string of the molecule is CN1CCC[C@H](N(C)C(=O)CCl)C1. The van der Waals surface area contributed by atoms with Gasteiger partial charge in [0.2, 0.25) is 5.91 Å². The Morgan fingerprint density at radius 2 is 2.38 bits per heavy atom. The predicted molar refractivity (Wildman–Crippen MR) is 54.0 cm³/mol. The van der Waals surface area contributed by atoms with Gasteiger partial charge in [0.25, 0.3) is 0 Å². The largest absolute Gasteiger partial charge is 0.340 e. The standard InChI is InChI=1S/C9H17ClN2O/c1-11-5-3-4-8(7-11)12(2)9(13)6-10/h8H,3-7H2,1-2H3/t8-/m0/s1. The summed E-state index contributed by atoms with van der Waals surface area (Å²) in [6, 6.07) is 0.352. The van der Waals surface area contributed by atoms with Crippen LogP contribution in [0.25, 0.3) is 0 Å². The number of amides is 1. The van der Waals surface area contributed by atoms with Gasteiger partial charge in [-0.1, -0.05) is 0 Å². The summed E-state index contributed by atoms with van der Waals surface area (Å²) >= 11 is 5.50. The molecule has 4 heteroatoms. The van der Waals surface area contributed by atoms with E-state index in [-0.39, 0.29) is 11.8 Å². The van der Waals surface area contributed by atoms with Crippen molar-refractivity contribution in [3.63, 3.8) is 0 Å². The van der Waals surface area contributed by atoms with Gasteiger partial charge in [-0.15, -0.1) is 11.6 Å². The Bertz CT molecular complexity index is 186. The van der Waals surface area contributed by atoms with Crippen LogP contribution in [-0.2, 0) is 4.79 Å². The highest BCUT2D eigenvalue weighted by molar-refractivity contribution is 6.27. The van der Waals surface area contributed by atoms with Crippen molar-refractivity contribution in [2.75, 3.05) is 33.1 Å². The summed E-state index contributed by atoms with van der Waals surface area (Å²) in [5, 5.41) is 0. The molecule has 0 aromatic heterocycles. The average Bonchev–Trinajstić information content (AvgIpc) is 2.15. The molecule has 0 aliphatic carbocycles. The lowest BCUT2D eigenvalue weighted by Gasteiger charge is -2.35. The maximum Gasteiger partial charge on any atom is 0.237 e. The Balaban J connectivity index is 2.45. The first-order valence-electron chi connectivity index (χ1n) is 4.65. The summed E-state index contributed by atoms with van der Waals surface area (Å²) in [5.74, 6) is 0.124. The van der Waals surface area contributed by atoms with Crippen LogP contribution in [0.15, 0.2) is 0 Å². The highest BCUT2D eigenvalue weighted by Crippen LogP contribution is 2.13. The molecule has 3 nitrogen and oxygen atoms in total. The second kappa shape index (κ2) is 4.82. The monoisotopic (exact) mass is 204 g/mol. The molecule has 1 aliphatic heterocycles. The molecular weight excluding hydrogens is 188 g/mol. The first kappa shape index (κ1) is 10.8. The van der Waals surface area contributed by atoms with Crippen LogP contribution in [0.4, 0.5) is 0 Å². The van der Waals surface area contributed by atoms with E-state index in [9.17, 15) is 4.79 Å². The Hall–Kier alpha value is -0.280. The molecular formula is C9H17ClN2O. The number of rotatable bonds is 2. The number of likely N-dealkylation sites (tertiary alicyclic amines) is 1. The third-order valence-corrected chi connectivity index (χ3v) is 2.88. The molecule has 1 atom stereocenters. The van der Waals surface area contributed by atoms with Gasteiger partial charge in [0, 0.05) is 19.6 Å². The molecule has 1 fully saturated rings. The van der Waals surface area contributed by atoms with Crippen molar-refractivity contribution in [2.24, 2.45) is 0 Å². The van der Waals surface area contributed by atoms with Gasteiger partial charge >= 0.3 is 0 Å². The zero-order valence-corrected chi connectivity index (χ0v) is 9.05. The van der Waals surface area contributed by atoms with Gasteiger partial charge in [-0.25, -0.2) is 0 Å². The van der Waals surface area contributed by atoms with Gasteiger partial charge in [0.1, 0.15) is 5.88 Å². The molecule has 0 spiro atoms. The second-order valence-corrected chi connectivity index (χ2v) is 3.96. The molecule has 1 aliphatic rings. The average molecular weight is 205 g/mol. The van der Waals surface area contributed by atoms with Gasteiger partial charge in [-0.3, -0.25) is 4.79 Å². The van der Waals surface area contributed by atoms with E-state index in [1.807, 2.05) is 7.05 Å². The molecule has 0 unspecified atom stereocenters. The van der Waals surface area contributed by atoms with Crippen molar-refractivity contribution >= 4 is 17.5 Å². The molecule has 0 aromatic carbocycles. The van der Waals surface area contributed by atoms with Crippen LogP contribution in [0.1, 0.15) is 12.8 Å². The number of halogens is 1. The van der Waals surface area contributed by atoms with E-state index in [1.165, 1.54) is 6.42 Å². The minimum atomic E-state index is 0.0296. The Labute approximate surface area is 84.6 Å². The smallest absolute Gasteiger partial charge is 0.237 e. The summed E-state index contributed by atoms with van der Waals surface area (Å²) in [6.45, 7) is 2.11. The van der Waals surface area contributed by atoms with E-state index in [1.54, 1.807) is 4.90 Å². The van der Waals surface area contributed by atoms with Gasteiger partial charge in [0.15, 0.2) is 0 Å². The number of carbonyl (C=O) groups excluding carboxylic acids is 1. The number of hydrogen-bond donors (Lipinski definition) is 0. The summed E-state index contributed by atoms with van der Waals surface area (Å²) in [5.41, 5.74) is 0. The van der Waals surface area contributed by atoms with E-state index in [0.29, 0.717) is 6.04 Å². The Kier molecular flexibility index (Phi) is 4.00. The van der Waals surface area contributed by atoms with E-state index in [0.717, 1.165) is 19.5 Å². The summed E-state index contributed by atoms with van der Waals surface area (Å²) in [7, 11) is 3.93. The molecule has 0 radical (unpaired) electrons. The van der Waals surface area contributed by atoms with Gasteiger partial charge < -0.3 is 9.80 Å². The predicted octanol–water partition coefficient (Wildman–Crippen LogP) is 0.778. The molecule has 1 amide bonds. The second-order valence-electron chi connectivity index (χ2n) is 3.70. The van der Waals surface area contributed by atoms with Crippen LogP contribution < -0.4 is 0 Å². The van der Waals surface area contributed by atoms with Crippen LogP contribution in [-0.4, -0.2) is 54.8 Å². The number of likely N-dealkylation sites (N-methyl/N-ethyl adjacent to an activating group) is 2. The number of carbonyl (C=O) groups is 1. The van der Waals surface area contributed by atoms with E-state index in [2.05, 4.69) is 11.9 Å². The molecule has 1 heterocycles. The van der Waals surface area contributed by atoms with Crippen molar-refractivity contribution in [1.82, 2.24) is 9.80 Å². The number of hydrogen-bond acceptors (Lipinski definition) is 2. The topological polar surface area (TPSA) is 23.6 Å². The van der Waals surface area contributed by atoms with Crippen LogP contribution >= 0.6 is 11.6 Å². The summed E-state index contributed by atoms with van der Waals surface area (Å²) < 4.78 is 0. The molecule has 0 saturated carbocycles. The van der Waals surface area contributed by atoms with Crippen molar-refractivity contribution < 1.29 is 4.79 Å². The third-order valence-electron chi connectivity index (χ3n) is 2.66. The molecule has 0 aromatic rings. The molecule has 13 heavy (non-hydrogen) atoms. The van der Waals surface area contributed by atoms with Gasteiger partial charge in [-0.2, -0.15) is 0 Å². The summed E-state index contributed by atoms with van der Waals surface area (Å²) in [6.07, 6.45) is 2.27. The van der Waals surface area contributed by atoms with Crippen LogP contribution in [0.5, 0.6) is 0 Å². The quantitative estimate of drug-likeness (QED) is 0.621. The fourth-order valence-electron chi connectivity index (χ4n) is 1.75. The highest BCUT2D eigenvalue weighted by Gasteiger charge is 2.23. The summed E-state index contributed by atoms with van der Waals surface area (Å²) in [4.78, 5) is 15.3. The zero-order chi connectivity index (χ0) is 9.84. The highest BCUT2D eigenvalue weighted by atomic mass is 35.5. The lowest BCUT2D eigenvalue weighted by molar-refractivity contribution is -0.130. The molecule has 0 N–H and O–H groups in total. The first-order valence-corrected chi connectivity index (χ1v) is 5.18. The third kappa shape index (κ3) is 2.85. The first-order chi connectivity index (χ1) is 6.15. The normalized spacial score (nSPS) is 24.4. The number of alkyl halides is 1. The fraction of sp³-hybridized carbons (Fsp3) is 0.889. The van der Waals surface area contributed by atoms with Gasteiger partial charge in [-0.05, 0) is 26.4 Å². The van der Waals surface area contributed by atoms with Crippen LogP contribution in [0, 0.1) is 0 Å². The molecule has 76 valence electrons. The Morgan fingerprint density at radius 3 is 2.92 bits per heavy atom. The van der Waals surface area contributed by atoms with E-state index >= 15 is 0 Å². The maximum atomic E-state index is 11.3. The molecule has 1 rings (SSSR count). The van der Waals surface area contributed by atoms with Crippen molar-refractivity contribution in [2.45, 2.75) is 18.9 Å². The van der Waals surface area contributed by atoms with Crippen LogP contribution in [0.3, 0.4) is 0 Å². The van der Waals surface area contributed by atoms with E-state index in [4.69, 9.17) is 11.6 Å². The van der Waals surface area contributed by atoms with E-state index < -0.39 is 0 Å². The maximum absolute atomic E-state index is 11.3. The molecule has 1 saturated heterocycles. The van der Waals surface area contributed by atoms with Crippen molar-refractivity contribution in [3.8, 4) is 0 Å². The number of nitrogens with zero attached hydrogens (tertiary/aromatic N) is 2. The lowest BCUT2D eigenvalue weighted by atomic mass is 10.1. The van der Waals surface area contributed by atoms with Crippen LogP contribution in [0.2, 0.25) is 0 Å². The van der Waals surface area contributed by atoms with Gasteiger partial charge in [0.05, 0.1) is 0 Å². The minimum Gasteiger partial charge on any atom is -0.340 e. The Morgan fingerprint density at radius 1 is 1.69 bits per heavy atom. The fourth-order valence-corrected chi connectivity index (χ4v) is 1.94. The van der Waals surface area contributed by atoms with Crippen molar-refractivity contribution in [1.29, 1.82) is 0 Å². The molecule has 0 bridgehead atoms. The zero-order valence-electron chi connectivity index (χ0n) is 8.29. The number of piperidine rings is 1. The lowest BCUT2D eigenvalue weighted by Crippen LogP contribution is -2.47. The van der Waals surface area contributed by atoms with Crippen molar-refractivity contribution in [3.05, 3.63) is 0 Å². The minimum absolute atomic E-state index is 0.0296.